The van der Waals surface area contributed by atoms with Crippen LogP contribution in [0, 0.1) is 23.7 Å². The molecular weight excluding hydrogens is 156 g/mol. The predicted molar refractivity (Wildman–Crippen MR) is 61.9 cm³/mol. The molecule has 80 valence electrons. The lowest BCUT2D eigenvalue weighted by molar-refractivity contribution is 0.219. The van der Waals surface area contributed by atoms with Gasteiger partial charge in [-0.3, -0.25) is 0 Å². The number of rotatable bonds is 0. The molecule has 2 aliphatic rings. The second-order valence-electron chi connectivity index (χ2n) is 5.06. The molecule has 13 heavy (non-hydrogen) atoms. The van der Waals surface area contributed by atoms with E-state index in [4.69, 9.17) is 0 Å². The van der Waals surface area contributed by atoms with E-state index in [0.29, 0.717) is 0 Å². The van der Waals surface area contributed by atoms with Gasteiger partial charge in [0, 0.05) is 0 Å². The SMILES string of the molecule is C.C[C@@H]1CC[C@H]1C.C[C@H]1CC[C@@H]1C. The summed E-state index contributed by atoms with van der Waals surface area (Å²) >= 11 is 0. The normalized spacial score (nSPS) is 41.5. The average Bonchev–Trinajstić information content (AvgIpc) is 2.12. The highest BCUT2D eigenvalue weighted by molar-refractivity contribution is 4.72. The van der Waals surface area contributed by atoms with Gasteiger partial charge in [-0.05, 0) is 23.7 Å². The Bertz CT molecular complexity index is 96.0. The Morgan fingerprint density at radius 3 is 0.692 bits per heavy atom. The van der Waals surface area contributed by atoms with E-state index >= 15 is 0 Å². The standard InChI is InChI=1S/2C6H12.CH4/c2*1-5-3-4-6(5)2;/h2*5-6H,3-4H2,1-2H3;1H4/t2*5-,6-;/m10./s1. The monoisotopic (exact) mass is 184 g/mol. The van der Waals surface area contributed by atoms with Crippen molar-refractivity contribution in [2.24, 2.45) is 23.7 Å². The summed E-state index contributed by atoms with van der Waals surface area (Å²) in [5.74, 6) is 4.13. The van der Waals surface area contributed by atoms with Crippen molar-refractivity contribution in [3.63, 3.8) is 0 Å². The van der Waals surface area contributed by atoms with E-state index in [1.165, 1.54) is 25.7 Å². The van der Waals surface area contributed by atoms with Gasteiger partial charge in [0.25, 0.3) is 0 Å². The molecule has 0 nitrogen and oxygen atoms in total. The maximum atomic E-state index is 2.33. The van der Waals surface area contributed by atoms with Crippen molar-refractivity contribution < 1.29 is 0 Å². The molecule has 0 radical (unpaired) electrons. The lowest BCUT2D eigenvalue weighted by atomic mass is 9.77. The molecule has 2 aliphatic carbocycles. The molecule has 0 heterocycles. The Balaban J connectivity index is 0.000000206. The van der Waals surface area contributed by atoms with Gasteiger partial charge in [0.05, 0.1) is 0 Å². The quantitative estimate of drug-likeness (QED) is 0.510. The topological polar surface area (TPSA) is 0 Å². The first kappa shape index (κ1) is 13.0. The molecule has 0 N–H and O–H groups in total. The Morgan fingerprint density at radius 2 is 0.692 bits per heavy atom. The summed E-state index contributed by atoms with van der Waals surface area (Å²) in [6.07, 6.45) is 5.89. The Hall–Kier alpha value is 0. The fraction of sp³-hybridized carbons (Fsp3) is 1.00. The molecular formula is C13H28. The summed E-state index contributed by atoms with van der Waals surface area (Å²) < 4.78 is 0. The van der Waals surface area contributed by atoms with Crippen molar-refractivity contribution in [2.75, 3.05) is 0 Å². The van der Waals surface area contributed by atoms with Crippen LogP contribution in [0.1, 0.15) is 60.8 Å². The van der Waals surface area contributed by atoms with Crippen molar-refractivity contribution in [3.8, 4) is 0 Å². The van der Waals surface area contributed by atoms with Gasteiger partial charge in [0.1, 0.15) is 0 Å². The minimum Gasteiger partial charge on any atom is -0.0776 e. The second-order valence-corrected chi connectivity index (χ2v) is 5.06. The molecule has 2 saturated carbocycles. The summed E-state index contributed by atoms with van der Waals surface area (Å²) in [7, 11) is 0. The van der Waals surface area contributed by atoms with Gasteiger partial charge in [-0.1, -0.05) is 60.8 Å². The zero-order chi connectivity index (χ0) is 9.14. The highest BCUT2D eigenvalue weighted by atomic mass is 14.3. The van der Waals surface area contributed by atoms with Crippen molar-refractivity contribution in [3.05, 3.63) is 0 Å². The zero-order valence-corrected chi connectivity index (χ0v) is 9.14. The van der Waals surface area contributed by atoms with Crippen LogP contribution >= 0.6 is 0 Å². The summed E-state index contributed by atoms with van der Waals surface area (Å²) in [6.45, 7) is 9.31. The van der Waals surface area contributed by atoms with E-state index < -0.39 is 0 Å². The van der Waals surface area contributed by atoms with Gasteiger partial charge in [0.2, 0.25) is 0 Å². The first-order chi connectivity index (χ1) is 5.61. The number of hydrogen-bond donors (Lipinski definition) is 0. The van der Waals surface area contributed by atoms with Crippen LogP contribution < -0.4 is 0 Å². The van der Waals surface area contributed by atoms with Gasteiger partial charge < -0.3 is 0 Å². The van der Waals surface area contributed by atoms with Gasteiger partial charge in [-0.15, -0.1) is 0 Å². The molecule has 2 rings (SSSR count). The van der Waals surface area contributed by atoms with Crippen LogP contribution in [0.3, 0.4) is 0 Å². The average molecular weight is 184 g/mol. The zero-order valence-electron chi connectivity index (χ0n) is 9.14. The maximum Gasteiger partial charge on any atom is -0.0417 e. The molecule has 0 saturated heterocycles. The van der Waals surface area contributed by atoms with Crippen molar-refractivity contribution in [2.45, 2.75) is 60.8 Å². The van der Waals surface area contributed by atoms with E-state index in [1.54, 1.807) is 0 Å². The van der Waals surface area contributed by atoms with E-state index in [-0.39, 0.29) is 7.43 Å². The Kier molecular flexibility index (Phi) is 5.67. The van der Waals surface area contributed by atoms with Crippen LogP contribution in [0.4, 0.5) is 0 Å². The third-order valence-electron chi connectivity index (χ3n) is 4.10. The molecule has 0 spiro atoms. The van der Waals surface area contributed by atoms with Crippen molar-refractivity contribution in [1.29, 1.82) is 0 Å². The lowest BCUT2D eigenvalue weighted by Crippen LogP contribution is -2.18. The van der Waals surface area contributed by atoms with Gasteiger partial charge in [-0.25, -0.2) is 0 Å². The minimum atomic E-state index is 0. The Morgan fingerprint density at radius 1 is 0.538 bits per heavy atom. The van der Waals surface area contributed by atoms with Gasteiger partial charge in [-0.2, -0.15) is 0 Å². The van der Waals surface area contributed by atoms with Crippen LogP contribution in [0.15, 0.2) is 0 Å². The van der Waals surface area contributed by atoms with E-state index in [9.17, 15) is 0 Å². The largest absolute Gasteiger partial charge is 0.0776 e. The first-order valence-corrected chi connectivity index (χ1v) is 5.61. The molecule has 2 fully saturated rings. The molecule has 0 aromatic heterocycles. The summed E-state index contributed by atoms with van der Waals surface area (Å²) in [5, 5.41) is 0. The smallest absolute Gasteiger partial charge is 0.0417 e. The first-order valence-electron chi connectivity index (χ1n) is 5.61. The van der Waals surface area contributed by atoms with E-state index in [0.717, 1.165) is 23.7 Å². The van der Waals surface area contributed by atoms with Crippen LogP contribution in [-0.2, 0) is 0 Å². The van der Waals surface area contributed by atoms with Crippen LogP contribution in [0.5, 0.6) is 0 Å². The Labute approximate surface area is 85.1 Å². The second kappa shape index (κ2) is 5.67. The molecule has 0 unspecified atom stereocenters. The van der Waals surface area contributed by atoms with Crippen molar-refractivity contribution in [1.82, 2.24) is 0 Å². The third-order valence-corrected chi connectivity index (χ3v) is 4.10. The summed E-state index contributed by atoms with van der Waals surface area (Å²) in [4.78, 5) is 0. The lowest BCUT2D eigenvalue weighted by Gasteiger charge is -2.29. The predicted octanol–water partition coefficient (Wildman–Crippen LogP) is 4.74. The van der Waals surface area contributed by atoms with E-state index in [2.05, 4.69) is 27.7 Å². The highest BCUT2D eigenvalue weighted by Crippen LogP contribution is 2.32. The van der Waals surface area contributed by atoms with Crippen LogP contribution in [0.25, 0.3) is 0 Å². The molecule has 4 atom stereocenters. The fourth-order valence-electron chi connectivity index (χ4n) is 1.67. The molecule has 0 heteroatoms. The van der Waals surface area contributed by atoms with Gasteiger partial charge in [0.15, 0.2) is 0 Å². The summed E-state index contributed by atoms with van der Waals surface area (Å²) in [5.41, 5.74) is 0. The third kappa shape index (κ3) is 3.70. The molecule has 0 aliphatic heterocycles. The minimum absolute atomic E-state index is 0. The van der Waals surface area contributed by atoms with E-state index in [1.807, 2.05) is 0 Å². The highest BCUT2D eigenvalue weighted by Gasteiger charge is 2.21. The number of hydrogen-bond acceptors (Lipinski definition) is 0. The van der Waals surface area contributed by atoms with Crippen LogP contribution in [0.2, 0.25) is 0 Å². The maximum absolute atomic E-state index is 2.33. The molecule has 0 amide bonds. The molecule has 0 bridgehead atoms. The molecule has 0 aromatic rings. The van der Waals surface area contributed by atoms with Crippen LogP contribution in [-0.4, -0.2) is 0 Å². The van der Waals surface area contributed by atoms with Gasteiger partial charge >= 0.3 is 0 Å². The molecule has 0 aromatic carbocycles. The summed E-state index contributed by atoms with van der Waals surface area (Å²) in [6, 6.07) is 0. The van der Waals surface area contributed by atoms with Crippen molar-refractivity contribution >= 4 is 0 Å². The fourth-order valence-corrected chi connectivity index (χ4v) is 1.67.